The molecule has 0 bridgehead atoms. The van der Waals surface area contributed by atoms with Crippen molar-refractivity contribution >= 4 is 15.9 Å². The number of hydrogen-bond donors (Lipinski definition) is 1. The minimum atomic E-state index is -0.118. The van der Waals surface area contributed by atoms with Gasteiger partial charge in [-0.3, -0.25) is 0 Å². The quantitative estimate of drug-likeness (QED) is 0.665. The van der Waals surface area contributed by atoms with Crippen LogP contribution in [0.25, 0.3) is 0 Å². The second kappa shape index (κ2) is 2.27. The molecule has 0 aliphatic heterocycles. The first-order valence-electron chi connectivity index (χ1n) is 2.35. The molecule has 0 fully saturated rings. The summed E-state index contributed by atoms with van der Waals surface area (Å²) in [5.41, 5.74) is 0. The molecule has 0 saturated carbocycles. The van der Waals surface area contributed by atoms with Crippen molar-refractivity contribution in [2.75, 3.05) is 0 Å². The molecule has 0 unspecified atom stereocenters. The van der Waals surface area contributed by atoms with Gasteiger partial charge in [0.1, 0.15) is 5.75 Å². The molecule has 3 heteroatoms. The third-order valence-electron chi connectivity index (χ3n) is 0.915. The molecule has 9 heavy (non-hydrogen) atoms. The number of phenols is 1. The smallest absolute Gasteiger partial charge is 0.116 e. The van der Waals surface area contributed by atoms with Crippen molar-refractivity contribution in [2.45, 2.75) is 0 Å². The predicted octanol–water partition coefficient (Wildman–Crippen LogP) is 1.23. The Hall–Kier alpha value is -0.700. The van der Waals surface area contributed by atoms with Gasteiger partial charge in [0.25, 0.3) is 0 Å². The molecule has 0 aromatic heterocycles. The average molecular weight is 188 g/mol. The van der Waals surface area contributed by atoms with Crippen molar-refractivity contribution in [3.8, 4) is 11.5 Å². The van der Waals surface area contributed by atoms with Crippen LogP contribution in [0.4, 0.5) is 0 Å². The van der Waals surface area contributed by atoms with Gasteiger partial charge in [-0.1, -0.05) is 27.7 Å². The van der Waals surface area contributed by atoms with E-state index in [1.54, 1.807) is 0 Å². The van der Waals surface area contributed by atoms with Gasteiger partial charge in [-0.2, -0.15) is 0 Å². The molecule has 0 aliphatic rings. The van der Waals surface area contributed by atoms with Crippen LogP contribution in [-0.2, 0) is 0 Å². The number of phenolic OH excluding ortho intramolecular Hbond substituents is 1. The van der Waals surface area contributed by atoms with Crippen molar-refractivity contribution < 1.29 is 10.2 Å². The number of aromatic hydroxyl groups is 1. The SMILES string of the molecule is [O-]c1ccc(O)cc1Br. The van der Waals surface area contributed by atoms with E-state index in [0.717, 1.165) is 0 Å². The second-order valence-corrected chi connectivity index (χ2v) is 2.47. The molecule has 0 aliphatic carbocycles. The molecule has 1 aromatic rings. The maximum atomic E-state index is 10.6. The molecule has 2 nitrogen and oxygen atoms in total. The van der Waals surface area contributed by atoms with Crippen molar-refractivity contribution in [3.05, 3.63) is 22.7 Å². The van der Waals surface area contributed by atoms with E-state index >= 15 is 0 Å². The van der Waals surface area contributed by atoms with E-state index < -0.39 is 0 Å². The maximum Gasteiger partial charge on any atom is 0.116 e. The lowest BCUT2D eigenvalue weighted by molar-refractivity contribution is -0.269. The van der Waals surface area contributed by atoms with E-state index in [2.05, 4.69) is 15.9 Å². The van der Waals surface area contributed by atoms with E-state index in [1.807, 2.05) is 0 Å². The van der Waals surface area contributed by atoms with E-state index in [0.29, 0.717) is 4.47 Å². The Morgan fingerprint density at radius 1 is 1.44 bits per heavy atom. The Morgan fingerprint density at radius 3 is 2.56 bits per heavy atom. The number of rotatable bonds is 0. The van der Waals surface area contributed by atoms with E-state index in [4.69, 9.17) is 5.11 Å². The summed E-state index contributed by atoms with van der Waals surface area (Å²) in [5, 5.41) is 19.4. The first kappa shape index (κ1) is 6.42. The van der Waals surface area contributed by atoms with E-state index in [9.17, 15) is 5.11 Å². The Balaban J connectivity index is 3.17. The van der Waals surface area contributed by atoms with Crippen molar-refractivity contribution in [2.24, 2.45) is 0 Å². The molecular weight excluding hydrogens is 184 g/mol. The molecule has 0 radical (unpaired) electrons. The average Bonchev–Trinajstić information content (AvgIpc) is 1.80. The fourth-order valence-electron chi connectivity index (χ4n) is 0.490. The van der Waals surface area contributed by atoms with Gasteiger partial charge in [0.05, 0.1) is 0 Å². The highest BCUT2D eigenvalue weighted by molar-refractivity contribution is 9.10. The van der Waals surface area contributed by atoms with Crippen LogP contribution in [0.1, 0.15) is 0 Å². The highest BCUT2D eigenvalue weighted by atomic mass is 79.9. The summed E-state index contributed by atoms with van der Waals surface area (Å²) in [4.78, 5) is 0. The lowest BCUT2D eigenvalue weighted by atomic mass is 10.3. The number of benzene rings is 1. The van der Waals surface area contributed by atoms with Gasteiger partial charge >= 0.3 is 0 Å². The highest BCUT2D eigenvalue weighted by Gasteiger charge is 1.88. The largest absolute Gasteiger partial charge is 0.872 e. The third kappa shape index (κ3) is 1.36. The standard InChI is InChI=1S/C6H5BrO2/c7-5-3-4(8)1-2-6(5)9/h1-3,8-9H/p-1. The summed E-state index contributed by atoms with van der Waals surface area (Å²) in [6.45, 7) is 0. The van der Waals surface area contributed by atoms with E-state index in [-0.39, 0.29) is 11.5 Å². The van der Waals surface area contributed by atoms with Gasteiger partial charge in [0.15, 0.2) is 0 Å². The van der Waals surface area contributed by atoms with Crippen LogP contribution in [0.2, 0.25) is 0 Å². The topological polar surface area (TPSA) is 43.3 Å². The van der Waals surface area contributed by atoms with Crippen LogP contribution in [0.3, 0.4) is 0 Å². The summed E-state index contributed by atoms with van der Waals surface area (Å²) in [5.74, 6) is -0.0192. The fraction of sp³-hybridized carbons (Fsp3) is 0. The summed E-state index contributed by atoms with van der Waals surface area (Å²) in [7, 11) is 0. The maximum absolute atomic E-state index is 10.6. The van der Waals surface area contributed by atoms with Crippen molar-refractivity contribution in [3.63, 3.8) is 0 Å². The summed E-state index contributed by atoms with van der Waals surface area (Å²) in [6, 6.07) is 4.02. The van der Waals surface area contributed by atoms with Gasteiger partial charge in [-0.25, -0.2) is 0 Å². The minimum Gasteiger partial charge on any atom is -0.872 e. The first-order valence-corrected chi connectivity index (χ1v) is 3.15. The molecule has 0 amide bonds. The van der Waals surface area contributed by atoms with Crippen molar-refractivity contribution in [1.82, 2.24) is 0 Å². The molecule has 0 heterocycles. The van der Waals surface area contributed by atoms with Gasteiger partial charge in [0, 0.05) is 4.47 Å². The molecule has 0 spiro atoms. The Labute approximate surface area is 60.9 Å². The third-order valence-corrected chi connectivity index (χ3v) is 1.54. The minimum absolute atomic E-state index is 0.0986. The van der Waals surface area contributed by atoms with Crippen LogP contribution in [0, 0.1) is 0 Å². The van der Waals surface area contributed by atoms with Gasteiger partial charge in [0.2, 0.25) is 0 Å². The molecule has 1 N–H and O–H groups in total. The van der Waals surface area contributed by atoms with Gasteiger partial charge in [-0.05, 0) is 12.1 Å². The van der Waals surface area contributed by atoms with Crippen LogP contribution in [-0.4, -0.2) is 5.11 Å². The summed E-state index contributed by atoms with van der Waals surface area (Å²) in [6.07, 6.45) is 0. The molecule has 0 atom stereocenters. The zero-order chi connectivity index (χ0) is 6.85. The normalized spacial score (nSPS) is 9.44. The van der Waals surface area contributed by atoms with Gasteiger partial charge < -0.3 is 10.2 Å². The predicted molar refractivity (Wildman–Crippen MR) is 35.3 cm³/mol. The van der Waals surface area contributed by atoms with Crippen LogP contribution < -0.4 is 5.11 Å². The van der Waals surface area contributed by atoms with Crippen LogP contribution >= 0.6 is 15.9 Å². The monoisotopic (exact) mass is 187 g/mol. The van der Waals surface area contributed by atoms with Gasteiger partial charge in [-0.15, -0.1) is 0 Å². The summed E-state index contributed by atoms with van der Waals surface area (Å²) < 4.78 is 0.391. The Bertz CT molecular complexity index is 222. The molecule has 48 valence electrons. The number of hydrogen-bond acceptors (Lipinski definition) is 2. The molecule has 0 saturated heterocycles. The second-order valence-electron chi connectivity index (χ2n) is 1.61. The van der Waals surface area contributed by atoms with Crippen LogP contribution in [0.15, 0.2) is 22.7 Å². The number of halogens is 1. The zero-order valence-electron chi connectivity index (χ0n) is 4.47. The zero-order valence-corrected chi connectivity index (χ0v) is 6.05. The van der Waals surface area contributed by atoms with E-state index in [1.165, 1.54) is 18.2 Å². The summed E-state index contributed by atoms with van der Waals surface area (Å²) >= 11 is 2.97. The van der Waals surface area contributed by atoms with Crippen LogP contribution in [0.5, 0.6) is 11.5 Å². The molecule has 1 aromatic carbocycles. The molecule has 1 rings (SSSR count). The highest BCUT2D eigenvalue weighted by Crippen LogP contribution is 2.24. The lowest BCUT2D eigenvalue weighted by Gasteiger charge is -2.06. The Kier molecular flexibility index (Phi) is 1.62. The lowest BCUT2D eigenvalue weighted by Crippen LogP contribution is -1.88. The fourth-order valence-corrected chi connectivity index (χ4v) is 0.856. The molecular formula is C6H4BrO2-. The first-order chi connectivity index (χ1) is 4.20. The Morgan fingerprint density at radius 2 is 2.11 bits per heavy atom. The van der Waals surface area contributed by atoms with Crippen molar-refractivity contribution in [1.29, 1.82) is 0 Å².